The summed E-state index contributed by atoms with van der Waals surface area (Å²) in [5, 5.41) is 12.6. The van der Waals surface area contributed by atoms with Crippen molar-refractivity contribution < 1.29 is 19.2 Å². The lowest BCUT2D eigenvalue weighted by molar-refractivity contribution is -0.891. The Morgan fingerprint density at radius 1 is 1.35 bits per heavy atom. The Hall–Kier alpha value is -1.72. The number of likely N-dealkylation sites (N-methyl/N-ethyl adjacent to an activating group) is 1. The van der Waals surface area contributed by atoms with Crippen molar-refractivity contribution in [1.29, 1.82) is 0 Å². The molecule has 0 aromatic heterocycles. The van der Waals surface area contributed by atoms with Gasteiger partial charge < -0.3 is 14.9 Å². The molecule has 0 aliphatic heterocycles. The van der Waals surface area contributed by atoms with Crippen LogP contribution in [0.5, 0.6) is 0 Å². The van der Waals surface area contributed by atoms with Crippen LogP contribution in [0, 0.1) is 0 Å². The highest BCUT2D eigenvalue weighted by Crippen LogP contribution is 2.03. The maximum absolute atomic E-state index is 11.9. The van der Waals surface area contributed by atoms with Crippen LogP contribution in [0.25, 0.3) is 0 Å². The molecule has 1 unspecified atom stereocenters. The average molecular weight is 279 g/mol. The van der Waals surface area contributed by atoms with E-state index in [2.05, 4.69) is 12.2 Å². The van der Waals surface area contributed by atoms with Gasteiger partial charge in [0.25, 0.3) is 5.91 Å². The Morgan fingerprint density at radius 3 is 2.45 bits per heavy atom. The monoisotopic (exact) mass is 279 g/mol. The molecule has 0 fully saturated rings. The van der Waals surface area contributed by atoms with Gasteiger partial charge in [-0.3, -0.25) is 9.59 Å². The number of rotatable bonds is 7. The second kappa shape index (κ2) is 7.17. The molecule has 1 atom stereocenters. The molecule has 1 amide bonds. The topological polar surface area (TPSA) is 66.4 Å². The SMILES string of the molecule is CC[N+](C)(C)CC(O)CNC(=O)c1ccc(C=O)cc1. The highest BCUT2D eigenvalue weighted by molar-refractivity contribution is 5.94. The maximum atomic E-state index is 11.9. The largest absolute Gasteiger partial charge is 0.385 e. The van der Waals surface area contributed by atoms with E-state index in [4.69, 9.17) is 0 Å². The summed E-state index contributed by atoms with van der Waals surface area (Å²) in [5.41, 5.74) is 1.01. The minimum absolute atomic E-state index is 0.218. The van der Waals surface area contributed by atoms with Crippen molar-refractivity contribution >= 4 is 12.2 Å². The Labute approximate surface area is 119 Å². The molecule has 0 saturated heterocycles. The number of benzene rings is 1. The minimum atomic E-state index is -0.580. The van der Waals surface area contributed by atoms with E-state index in [1.807, 2.05) is 14.1 Å². The first-order valence-electron chi connectivity index (χ1n) is 6.71. The van der Waals surface area contributed by atoms with Crippen LogP contribution < -0.4 is 5.32 Å². The molecule has 0 spiro atoms. The standard InChI is InChI=1S/C15H22N2O3/c1-4-17(2,3)10-14(19)9-16-15(20)13-7-5-12(11-18)6-8-13/h5-8,11,14,19H,4,9-10H2,1-3H3/p+1. The van der Waals surface area contributed by atoms with Crippen LogP contribution >= 0.6 is 0 Å². The molecule has 0 aliphatic rings. The predicted octanol–water partition coefficient (Wildman–Crippen LogP) is 0.686. The summed E-state index contributed by atoms with van der Waals surface area (Å²) in [7, 11) is 4.06. The summed E-state index contributed by atoms with van der Waals surface area (Å²) >= 11 is 0. The molecule has 0 heterocycles. The zero-order valence-electron chi connectivity index (χ0n) is 12.3. The highest BCUT2D eigenvalue weighted by Gasteiger charge is 2.19. The van der Waals surface area contributed by atoms with Crippen molar-refractivity contribution in [3.63, 3.8) is 0 Å². The van der Waals surface area contributed by atoms with Gasteiger partial charge >= 0.3 is 0 Å². The molecule has 5 heteroatoms. The lowest BCUT2D eigenvalue weighted by Gasteiger charge is -2.30. The van der Waals surface area contributed by atoms with Gasteiger partial charge in [-0.1, -0.05) is 12.1 Å². The number of hydrogen-bond acceptors (Lipinski definition) is 3. The van der Waals surface area contributed by atoms with E-state index in [1.54, 1.807) is 24.3 Å². The summed E-state index contributed by atoms with van der Waals surface area (Å²) < 4.78 is 0.699. The fourth-order valence-electron chi connectivity index (χ4n) is 1.79. The van der Waals surface area contributed by atoms with Crippen molar-refractivity contribution in [2.24, 2.45) is 0 Å². The molecular formula is C15H23N2O3+. The van der Waals surface area contributed by atoms with Crippen molar-refractivity contribution in [2.45, 2.75) is 13.0 Å². The van der Waals surface area contributed by atoms with Crippen LogP contribution in [-0.2, 0) is 0 Å². The molecule has 2 N–H and O–H groups in total. The molecule has 1 aromatic rings. The smallest absolute Gasteiger partial charge is 0.251 e. The maximum Gasteiger partial charge on any atom is 0.251 e. The van der Waals surface area contributed by atoms with Crippen molar-refractivity contribution in [3.8, 4) is 0 Å². The summed E-state index contributed by atoms with van der Waals surface area (Å²) in [6, 6.07) is 6.37. The number of hydrogen-bond donors (Lipinski definition) is 2. The third kappa shape index (κ3) is 5.11. The minimum Gasteiger partial charge on any atom is -0.385 e. The Morgan fingerprint density at radius 2 is 1.95 bits per heavy atom. The fraction of sp³-hybridized carbons (Fsp3) is 0.467. The Bertz CT molecular complexity index is 455. The quantitative estimate of drug-likeness (QED) is 0.570. The normalized spacial score (nSPS) is 12.8. The van der Waals surface area contributed by atoms with Crippen LogP contribution in [0.1, 0.15) is 27.6 Å². The van der Waals surface area contributed by atoms with Gasteiger partial charge in [-0.15, -0.1) is 0 Å². The number of aldehydes is 1. The highest BCUT2D eigenvalue weighted by atomic mass is 16.3. The fourth-order valence-corrected chi connectivity index (χ4v) is 1.79. The summed E-state index contributed by atoms with van der Waals surface area (Å²) in [6.45, 7) is 3.77. The second-order valence-electron chi connectivity index (χ2n) is 5.54. The van der Waals surface area contributed by atoms with Crippen LogP contribution in [0.2, 0.25) is 0 Å². The molecule has 0 bridgehead atoms. The van der Waals surface area contributed by atoms with Crippen LogP contribution in [0.4, 0.5) is 0 Å². The summed E-state index contributed by atoms with van der Waals surface area (Å²) in [5.74, 6) is -0.247. The van der Waals surface area contributed by atoms with E-state index in [1.165, 1.54) is 0 Å². The van der Waals surface area contributed by atoms with E-state index in [0.29, 0.717) is 22.2 Å². The van der Waals surface area contributed by atoms with Crippen LogP contribution in [-0.4, -0.2) is 61.6 Å². The lowest BCUT2D eigenvalue weighted by Crippen LogP contribution is -2.48. The van der Waals surface area contributed by atoms with E-state index < -0.39 is 6.10 Å². The Balaban J connectivity index is 2.48. The van der Waals surface area contributed by atoms with Gasteiger partial charge in [0.1, 0.15) is 18.9 Å². The third-order valence-electron chi connectivity index (χ3n) is 3.37. The number of aliphatic hydroxyl groups excluding tert-OH is 1. The number of aliphatic hydroxyl groups is 1. The molecule has 0 saturated carbocycles. The van der Waals surface area contributed by atoms with Gasteiger partial charge in [-0.25, -0.2) is 0 Å². The van der Waals surface area contributed by atoms with Gasteiger partial charge in [-0.05, 0) is 19.1 Å². The Kier molecular flexibility index (Phi) is 5.85. The van der Waals surface area contributed by atoms with Crippen molar-refractivity contribution in [1.82, 2.24) is 5.32 Å². The van der Waals surface area contributed by atoms with Gasteiger partial charge in [-0.2, -0.15) is 0 Å². The summed E-state index contributed by atoms with van der Waals surface area (Å²) in [6.07, 6.45) is 0.152. The molecule has 20 heavy (non-hydrogen) atoms. The number of nitrogens with zero attached hydrogens (tertiary/aromatic N) is 1. The van der Waals surface area contributed by atoms with Gasteiger partial charge in [0.15, 0.2) is 0 Å². The molecule has 1 aromatic carbocycles. The zero-order chi connectivity index (χ0) is 15.2. The molecule has 110 valence electrons. The van der Waals surface area contributed by atoms with E-state index in [-0.39, 0.29) is 12.5 Å². The van der Waals surface area contributed by atoms with Crippen molar-refractivity contribution in [3.05, 3.63) is 35.4 Å². The summed E-state index contributed by atoms with van der Waals surface area (Å²) in [4.78, 5) is 22.4. The van der Waals surface area contributed by atoms with Crippen LogP contribution in [0.3, 0.4) is 0 Å². The number of amides is 1. The third-order valence-corrected chi connectivity index (χ3v) is 3.37. The number of carbonyl (C=O) groups is 2. The van der Waals surface area contributed by atoms with Gasteiger partial charge in [0, 0.05) is 17.7 Å². The molecule has 5 nitrogen and oxygen atoms in total. The van der Waals surface area contributed by atoms with Gasteiger partial charge in [0.05, 0.1) is 20.6 Å². The number of nitrogens with one attached hydrogen (secondary N) is 1. The molecule has 0 aliphatic carbocycles. The zero-order valence-corrected chi connectivity index (χ0v) is 12.3. The average Bonchev–Trinajstić information content (AvgIpc) is 2.44. The first-order chi connectivity index (χ1) is 9.38. The van der Waals surface area contributed by atoms with Crippen molar-refractivity contribution in [2.75, 3.05) is 33.7 Å². The molecule has 0 radical (unpaired) electrons. The van der Waals surface area contributed by atoms with E-state index in [9.17, 15) is 14.7 Å². The first kappa shape index (κ1) is 16.3. The molecule has 1 rings (SSSR count). The predicted molar refractivity (Wildman–Crippen MR) is 77.7 cm³/mol. The van der Waals surface area contributed by atoms with Gasteiger partial charge in [0.2, 0.25) is 0 Å². The van der Waals surface area contributed by atoms with E-state index in [0.717, 1.165) is 12.8 Å². The lowest BCUT2D eigenvalue weighted by atomic mass is 10.1. The number of quaternary nitrogens is 1. The number of carbonyl (C=O) groups excluding carboxylic acids is 2. The second-order valence-corrected chi connectivity index (χ2v) is 5.54. The van der Waals surface area contributed by atoms with Crippen LogP contribution in [0.15, 0.2) is 24.3 Å². The van der Waals surface area contributed by atoms with E-state index >= 15 is 0 Å². The first-order valence-corrected chi connectivity index (χ1v) is 6.71. The molecular weight excluding hydrogens is 256 g/mol.